The van der Waals surface area contributed by atoms with Gasteiger partial charge in [-0.2, -0.15) is 0 Å². The van der Waals surface area contributed by atoms with Crippen LogP contribution in [0.3, 0.4) is 0 Å². The highest BCUT2D eigenvalue weighted by atomic mass is 127. The molecular formula is C8H6INO2S. The predicted octanol–water partition coefficient (Wildman–Crippen LogP) is 2.06. The minimum atomic E-state index is -0.389. The van der Waals surface area contributed by atoms with Crippen molar-refractivity contribution in [1.29, 1.82) is 0 Å². The van der Waals surface area contributed by atoms with Crippen LogP contribution in [0.25, 0.3) is 0 Å². The van der Waals surface area contributed by atoms with E-state index >= 15 is 0 Å². The first-order chi connectivity index (χ1) is 6.27. The Labute approximate surface area is 93.7 Å². The Morgan fingerprint density at radius 2 is 2.62 bits per heavy atom. The summed E-state index contributed by atoms with van der Waals surface area (Å²) in [6, 6.07) is 0. The van der Waals surface area contributed by atoms with Crippen LogP contribution in [0.2, 0.25) is 0 Å². The lowest BCUT2D eigenvalue weighted by Crippen LogP contribution is -2.04. The van der Waals surface area contributed by atoms with Gasteiger partial charge in [0.25, 0.3) is 0 Å². The van der Waals surface area contributed by atoms with Crippen LogP contribution >= 0.6 is 33.9 Å². The van der Waals surface area contributed by atoms with E-state index in [4.69, 9.17) is 4.74 Å². The molecule has 0 aliphatic heterocycles. The Hall–Kier alpha value is -0.610. The van der Waals surface area contributed by atoms with E-state index in [1.54, 1.807) is 12.3 Å². The van der Waals surface area contributed by atoms with Crippen molar-refractivity contribution < 1.29 is 9.53 Å². The summed E-state index contributed by atoms with van der Waals surface area (Å²) < 4.78 is 7.46. The maximum atomic E-state index is 11.1. The highest BCUT2D eigenvalue weighted by molar-refractivity contribution is 14.1. The molecule has 1 aromatic rings. The second-order valence-electron chi connectivity index (χ2n) is 1.98. The van der Waals surface area contributed by atoms with Gasteiger partial charge in [0.1, 0.15) is 0 Å². The van der Waals surface area contributed by atoms with Crippen LogP contribution in [-0.4, -0.2) is 17.6 Å². The summed E-state index contributed by atoms with van der Waals surface area (Å²) in [6.07, 6.45) is 0. The van der Waals surface area contributed by atoms with Crippen molar-refractivity contribution in [2.45, 2.75) is 6.92 Å². The number of hydrogen-bond donors (Lipinski definition) is 0. The fourth-order valence-electron chi connectivity index (χ4n) is 0.670. The molecule has 0 radical (unpaired) electrons. The number of carbonyl (C=O) groups is 1. The lowest BCUT2D eigenvalue weighted by molar-refractivity contribution is 0.0520. The number of nitrogens with zero attached hydrogens (tertiary/aromatic N) is 1. The normalized spacial score (nSPS) is 8.77. The van der Waals surface area contributed by atoms with E-state index in [-0.39, 0.29) is 5.97 Å². The Morgan fingerprint density at radius 1 is 1.85 bits per heavy atom. The van der Waals surface area contributed by atoms with E-state index in [9.17, 15) is 4.79 Å². The quantitative estimate of drug-likeness (QED) is 0.477. The molecule has 0 amide bonds. The molecule has 0 N–H and O–H groups in total. The number of hydrogen-bond acceptors (Lipinski definition) is 4. The first-order valence-corrected chi connectivity index (χ1v) is 5.48. The molecule has 0 aromatic carbocycles. The van der Waals surface area contributed by atoms with Crippen LogP contribution in [-0.2, 0) is 4.74 Å². The van der Waals surface area contributed by atoms with Crippen molar-refractivity contribution in [2.75, 3.05) is 6.61 Å². The molecule has 0 atom stereocenters. The molecule has 13 heavy (non-hydrogen) atoms. The first-order valence-electron chi connectivity index (χ1n) is 3.52. The molecule has 0 aliphatic carbocycles. The van der Waals surface area contributed by atoms with Gasteiger partial charge in [0.05, 0.1) is 6.61 Å². The molecule has 5 heteroatoms. The van der Waals surface area contributed by atoms with Gasteiger partial charge in [0, 0.05) is 28.0 Å². The van der Waals surface area contributed by atoms with E-state index in [0.717, 1.165) is 0 Å². The molecule has 0 spiro atoms. The number of carbonyl (C=O) groups excluding carboxylic acids is 1. The number of esters is 1. The van der Waals surface area contributed by atoms with Gasteiger partial charge < -0.3 is 4.74 Å². The van der Waals surface area contributed by atoms with Gasteiger partial charge in [-0.3, -0.25) is 0 Å². The minimum Gasteiger partial charge on any atom is -0.461 e. The molecule has 0 bridgehead atoms. The summed E-state index contributed by atoms with van der Waals surface area (Å²) in [6.45, 7) is 2.12. The van der Waals surface area contributed by atoms with Gasteiger partial charge >= 0.3 is 5.97 Å². The number of thiazole rings is 1. The van der Waals surface area contributed by atoms with Crippen LogP contribution in [0, 0.1) is 9.85 Å². The monoisotopic (exact) mass is 307 g/mol. The third-order valence-corrected chi connectivity index (χ3v) is 2.17. The van der Waals surface area contributed by atoms with Crippen molar-refractivity contribution in [1.82, 2.24) is 4.98 Å². The average Bonchev–Trinajstić information content (AvgIpc) is 2.54. The van der Waals surface area contributed by atoms with E-state index in [2.05, 4.69) is 14.8 Å². The lowest BCUT2D eigenvalue weighted by atomic mass is 10.5. The predicted molar refractivity (Wildman–Crippen MR) is 59.0 cm³/mol. The largest absolute Gasteiger partial charge is 0.461 e. The smallest absolute Gasteiger partial charge is 0.357 e. The fraction of sp³-hybridized carbons (Fsp3) is 0.250. The minimum absolute atomic E-state index is 0.334. The molecule has 0 saturated heterocycles. The SMILES string of the molecule is CCOC(=O)c1csc(C#CI)n1. The van der Waals surface area contributed by atoms with Gasteiger partial charge in [0.15, 0.2) is 10.7 Å². The molecule has 3 nitrogen and oxygen atoms in total. The fourth-order valence-corrected chi connectivity index (χ4v) is 1.74. The molecular weight excluding hydrogens is 301 g/mol. The van der Waals surface area contributed by atoms with Gasteiger partial charge in [-0.05, 0) is 16.8 Å². The lowest BCUT2D eigenvalue weighted by Gasteiger charge is -1.95. The van der Waals surface area contributed by atoms with E-state index in [1.807, 2.05) is 22.6 Å². The van der Waals surface area contributed by atoms with Gasteiger partial charge in [-0.15, -0.1) is 11.3 Å². The third-order valence-electron chi connectivity index (χ3n) is 1.14. The zero-order chi connectivity index (χ0) is 9.68. The maximum absolute atomic E-state index is 11.1. The van der Waals surface area contributed by atoms with E-state index < -0.39 is 0 Å². The summed E-state index contributed by atoms with van der Waals surface area (Å²) in [7, 11) is 0. The van der Waals surface area contributed by atoms with Crippen LogP contribution in [0.15, 0.2) is 5.38 Å². The Bertz CT molecular complexity index is 364. The zero-order valence-corrected chi connectivity index (χ0v) is 9.81. The summed E-state index contributed by atoms with van der Waals surface area (Å²) in [5.41, 5.74) is 0.334. The van der Waals surface area contributed by atoms with Crippen LogP contribution in [0.1, 0.15) is 22.4 Å². The van der Waals surface area contributed by atoms with Crippen LogP contribution < -0.4 is 0 Å². The summed E-state index contributed by atoms with van der Waals surface area (Å²) >= 11 is 3.26. The molecule has 1 heterocycles. The second-order valence-corrected chi connectivity index (χ2v) is 3.38. The summed E-state index contributed by atoms with van der Waals surface area (Å²) in [4.78, 5) is 15.1. The van der Waals surface area contributed by atoms with Crippen LogP contribution in [0.5, 0.6) is 0 Å². The van der Waals surface area contributed by atoms with Crippen molar-refractivity contribution in [3.63, 3.8) is 0 Å². The first kappa shape index (κ1) is 10.5. The molecule has 0 fully saturated rings. The number of halogens is 1. The third kappa shape index (κ3) is 2.97. The summed E-state index contributed by atoms with van der Waals surface area (Å²) in [5.74, 6) is 2.37. The van der Waals surface area contributed by atoms with Crippen molar-refractivity contribution in [3.05, 3.63) is 16.1 Å². The van der Waals surface area contributed by atoms with Gasteiger partial charge in [-0.25, -0.2) is 9.78 Å². The van der Waals surface area contributed by atoms with Crippen molar-refractivity contribution >= 4 is 39.9 Å². The highest BCUT2D eigenvalue weighted by Gasteiger charge is 2.09. The van der Waals surface area contributed by atoms with Gasteiger partial charge in [-0.1, -0.05) is 0 Å². The Balaban J connectivity index is 2.77. The summed E-state index contributed by atoms with van der Waals surface area (Å²) in [5, 5.41) is 2.28. The van der Waals surface area contributed by atoms with Crippen molar-refractivity contribution in [3.8, 4) is 9.85 Å². The van der Waals surface area contributed by atoms with Crippen molar-refractivity contribution in [2.24, 2.45) is 0 Å². The molecule has 0 unspecified atom stereocenters. The van der Waals surface area contributed by atoms with Crippen LogP contribution in [0.4, 0.5) is 0 Å². The maximum Gasteiger partial charge on any atom is 0.357 e. The second kappa shape index (κ2) is 5.19. The molecule has 0 saturated carbocycles. The number of rotatable bonds is 2. The highest BCUT2D eigenvalue weighted by Crippen LogP contribution is 2.09. The topological polar surface area (TPSA) is 39.2 Å². The zero-order valence-electron chi connectivity index (χ0n) is 6.83. The molecule has 68 valence electrons. The molecule has 0 aliphatic rings. The van der Waals surface area contributed by atoms with E-state index in [1.165, 1.54) is 11.3 Å². The molecule has 1 rings (SSSR count). The number of aromatic nitrogens is 1. The average molecular weight is 307 g/mol. The van der Waals surface area contributed by atoms with Gasteiger partial charge in [0.2, 0.25) is 0 Å². The number of ether oxygens (including phenoxy) is 1. The Morgan fingerprint density at radius 3 is 3.23 bits per heavy atom. The molecule has 1 aromatic heterocycles. The Kier molecular flexibility index (Phi) is 4.18. The standard InChI is InChI=1S/C8H6INO2S/c1-2-12-8(11)6-5-13-7(10-6)3-4-9/h5H,2H2,1H3. The van der Waals surface area contributed by atoms with E-state index in [0.29, 0.717) is 17.3 Å².